The summed E-state index contributed by atoms with van der Waals surface area (Å²) in [6.45, 7) is 8.86. The van der Waals surface area contributed by atoms with Crippen LogP contribution in [0.2, 0.25) is 0 Å². The minimum Gasteiger partial charge on any atom is -0.379 e. The van der Waals surface area contributed by atoms with Crippen molar-refractivity contribution >= 4 is 0 Å². The summed E-state index contributed by atoms with van der Waals surface area (Å²) in [5, 5.41) is 26.9. The lowest BCUT2D eigenvalue weighted by molar-refractivity contribution is -0.159. The molecule has 0 aliphatic rings. The summed E-state index contributed by atoms with van der Waals surface area (Å²) in [6, 6.07) is 10.5. The predicted octanol–water partition coefficient (Wildman–Crippen LogP) is 2.11. The molecule has 4 heteroatoms. The molecule has 1 aromatic rings. The van der Waals surface area contributed by atoms with E-state index in [9.17, 15) is 0 Å². The Labute approximate surface area is 116 Å². The summed E-state index contributed by atoms with van der Waals surface area (Å²) in [6.07, 6.45) is -2.50. The molecule has 0 bridgehead atoms. The highest BCUT2D eigenvalue weighted by atomic mass is 16.4. The monoisotopic (exact) mass is 269 g/mol. The largest absolute Gasteiger partial charge is 0.379 e. The molecule has 110 valence electrons. The molecular formula is C15H27NO3. The summed E-state index contributed by atoms with van der Waals surface area (Å²) in [5.41, 5.74) is 1.41. The third-order valence-electron chi connectivity index (χ3n) is 2.76. The van der Waals surface area contributed by atoms with Gasteiger partial charge >= 0.3 is 0 Å². The Balaban J connectivity index is 0.000000342. The van der Waals surface area contributed by atoms with Crippen LogP contribution in [0, 0.1) is 0 Å². The average Bonchev–Trinajstić information content (AvgIpc) is 2.29. The zero-order chi connectivity index (χ0) is 15.0. The molecule has 0 amide bonds. The second-order valence-electron chi connectivity index (χ2n) is 4.91. The number of hydrogen-bond donors (Lipinski definition) is 3. The molecule has 0 spiro atoms. The van der Waals surface area contributed by atoms with Gasteiger partial charge in [-0.3, -0.25) is 0 Å². The van der Waals surface area contributed by atoms with Crippen molar-refractivity contribution in [3.05, 3.63) is 35.9 Å². The maximum atomic E-state index is 8.96. The van der Waals surface area contributed by atoms with Crippen molar-refractivity contribution in [1.82, 2.24) is 4.90 Å². The molecule has 4 nitrogen and oxygen atoms in total. The van der Waals surface area contributed by atoms with E-state index >= 15 is 0 Å². The van der Waals surface area contributed by atoms with Gasteiger partial charge in [0.05, 0.1) is 0 Å². The van der Waals surface area contributed by atoms with Gasteiger partial charge in [-0.1, -0.05) is 44.2 Å². The smallest absolute Gasteiger partial charge is 0.108 e. The van der Waals surface area contributed by atoms with Crippen LogP contribution in [-0.2, 0) is 0 Å². The zero-order valence-corrected chi connectivity index (χ0v) is 12.5. The molecule has 0 saturated carbocycles. The minimum absolute atomic E-state index is 0.659. The predicted molar refractivity (Wildman–Crippen MR) is 77.4 cm³/mol. The van der Waals surface area contributed by atoms with Gasteiger partial charge in [0.15, 0.2) is 0 Å². The van der Waals surface area contributed by atoms with E-state index in [0.29, 0.717) is 5.92 Å². The second-order valence-corrected chi connectivity index (χ2v) is 4.91. The number of rotatable bonds is 4. The first kappa shape index (κ1) is 18.1. The average molecular weight is 269 g/mol. The van der Waals surface area contributed by atoms with Crippen molar-refractivity contribution in [3.8, 4) is 0 Å². The summed E-state index contributed by atoms with van der Waals surface area (Å²) >= 11 is 0. The van der Waals surface area contributed by atoms with E-state index in [4.69, 9.17) is 15.3 Å². The Hall–Kier alpha value is -0.940. The van der Waals surface area contributed by atoms with Crippen molar-refractivity contribution in [2.45, 2.75) is 59.2 Å². The molecule has 0 saturated heterocycles. The molecule has 19 heavy (non-hydrogen) atoms. The fourth-order valence-corrected chi connectivity index (χ4v) is 1.77. The van der Waals surface area contributed by atoms with E-state index in [1.54, 1.807) is 0 Å². The lowest BCUT2D eigenvalue weighted by atomic mass is 10.0. The van der Waals surface area contributed by atoms with E-state index in [1.165, 1.54) is 31.2 Å². The van der Waals surface area contributed by atoms with Gasteiger partial charge < -0.3 is 15.3 Å². The molecular weight excluding hydrogens is 242 g/mol. The van der Waals surface area contributed by atoms with E-state index in [0.717, 1.165) is 0 Å². The molecule has 1 aromatic carbocycles. The second kappa shape index (κ2) is 9.04. The SMILES string of the molecule is CC(C)c1ccccc1.CC(O)N(C(C)O)C(C)O. The van der Waals surface area contributed by atoms with Crippen molar-refractivity contribution in [2.75, 3.05) is 0 Å². The van der Waals surface area contributed by atoms with Crippen molar-refractivity contribution in [3.63, 3.8) is 0 Å². The Morgan fingerprint density at radius 1 is 0.737 bits per heavy atom. The zero-order valence-electron chi connectivity index (χ0n) is 12.5. The molecule has 3 unspecified atom stereocenters. The Kier molecular flexibility index (Phi) is 8.59. The number of hydrogen-bond acceptors (Lipinski definition) is 4. The molecule has 0 radical (unpaired) electrons. The van der Waals surface area contributed by atoms with Crippen LogP contribution in [0.5, 0.6) is 0 Å². The van der Waals surface area contributed by atoms with Crippen LogP contribution in [0.1, 0.15) is 46.1 Å². The molecule has 3 atom stereocenters. The molecule has 0 aliphatic heterocycles. The van der Waals surface area contributed by atoms with Crippen LogP contribution in [0.4, 0.5) is 0 Å². The fourth-order valence-electron chi connectivity index (χ4n) is 1.77. The van der Waals surface area contributed by atoms with Crippen LogP contribution in [0.25, 0.3) is 0 Å². The molecule has 3 N–H and O–H groups in total. The fraction of sp³-hybridized carbons (Fsp3) is 0.600. The lowest BCUT2D eigenvalue weighted by Gasteiger charge is -2.30. The number of benzene rings is 1. The Bertz CT molecular complexity index is 304. The van der Waals surface area contributed by atoms with Crippen molar-refractivity contribution < 1.29 is 15.3 Å². The highest BCUT2D eigenvalue weighted by Gasteiger charge is 2.20. The lowest BCUT2D eigenvalue weighted by Crippen LogP contribution is -2.45. The van der Waals surface area contributed by atoms with Gasteiger partial charge in [-0.2, -0.15) is 0 Å². The Morgan fingerprint density at radius 2 is 1.11 bits per heavy atom. The normalized spacial score (nSPS) is 15.7. The highest BCUT2D eigenvalue weighted by molar-refractivity contribution is 5.17. The molecule has 0 aromatic heterocycles. The van der Waals surface area contributed by atoms with E-state index in [2.05, 4.69) is 38.1 Å². The van der Waals surface area contributed by atoms with Crippen LogP contribution < -0.4 is 0 Å². The van der Waals surface area contributed by atoms with Gasteiger partial charge in [-0.15, -0.1) is 0 Å². The Morgan fingerprint density at radius 3 is 1.26 bits per heavy atom. The summed E-state index contributed by atoms with van der Waals surface area (Å²) in [7, 11) is 0. The van der Waals surface area contributed by atoms with Gasteiger partial charge in [-0.25, -0.2) is 4.90 Å². The highest BCUT2D eigenvalue weighted by Crippen LogP contribution is 2.11. The van der Waals surface area contributed by atoms with Crippen molar-refractivity contribution in [2.24, 2.45) is 0 Å². The number of nitrogens with zero attached hydrogens (tertiary/aromatic N) is 1. The van der Waals surface area contributed by atoms with Gasteiger partial charge in [0, 0.05) is 0 Å². The quantitative estimate of drug-likeness (QED) is 0.733. The van der Waals surface area contributed by atoms with E-state index in [1.807, 2.05) is 6.07 Å². The number of aliphatic hydroxyl groups is 3. The van der Waals surface area contributed by atoms with Crippen LogP contribution in [-0.4, -0.2) is 38.9 Å². The van der Waals surface area contributed by atoms with Gasteiger partial charge in [-0.05, 0) is 32.3 Å². The molecule has 0 aliphatic carbocycles. The molecule has 1 rings (SSSR count). The van der Waals surface area contributed by atoms with Crippen LogP contribution in [0.3, 0.4) is 0 Å². The van der Waals surface area contributed by atoms with Crippen LogP contribution in [0.15, 0.2) is 30.3 Å². The summed E-state index contributed by atoms with van der Waals surface area (Å²) < 4.78 is 0. The standard InChI is InChI=1S/C9H12.C6H15NO3/c1-8(2)9-6-4-3-5-7-9;1-4(8)7(5(2)9)6(3)10/h3-8H,1-2H3;4-6,8-10H,1-3H3. The first-order chi connectivity index (χ1) is 8.77. The minimum atomic E-state index is -0.833. The third-order valence-corrected chi connectivity index (χ3v) is 2.76. The summed E-state index contributed by atoms with van der Waals surface area (Å²) in [4.78, 5) is 1.17. The first-order valence-electron chi connectivity index (χ1n) is 6.64. The van der Waals surface area contributed by atoms with Crippen molar-refractivity contribution in [1.29, 1.82) is 0 Å². The van der Waals surface area contributed by atoms with Gasteiger partial charge in [0.1, 0.15) is 18.7 Å². The van der Waals surface area contributed by atoms with E-state index < -0.39 is 18.7 Å². The van der Waals surface area contributed by atoms with Gasteiger partial charge in [0.25, 0.3) is 0 Å². The third kappa shape index (κ3) is 7.28. The topological polar surface area (TPSA) is 63.9 Å². The molecule has 0 fully saturated rings. The maximum Gasteiger partial charge on any atom is 0.108 e. The van der Waals surface area contributed by atoms with Gasteiger partial charge in [0.2, 0.25) is 0 Å². The van der Waals surface area contributed by atoms with E-state index in [-0.39, 0.29) is 0 Å². The number of aliphatic hydroxyl groups excluding tert-OH is 3. The molecule has 0 heterocycles. The summed E-state index contributed by atoms with van der Waals surface area (Å²) in [5.74, 6) is 0.659. The maximum absolute atomic E-state index is 8.96. The van der Waals surface area contributed by atoms with Crippen LogP contribution >= 0.6 is 0 Å². The first-order valence-corrected chi connectivity index (χ1v) is 6.64.